The van der Waals surface area contributed by atoms with Gasteiger partial charge in [0.15, 0.2) is 0 Å². The summed E-state index contributed by atoms with van der Waals surface area (Å²) >= 11 is 0. The highest BCUT2D eigenvalue weighted by Crippen LogP contribution is 2.48. The molecule has 0 saturated heterocycles. The number of unbranched alkanes of at least 4 members (excludes halogenated alkanes) is 3. The van der Waals surface area contributed by atoms with Crippen molar-refractivity contribution in [2.24, 2.45) is 17.8 Å². The molecule has 0 N–H and O–H groups in total. The summed E-state index contributed by atoms with van der Waals surface area (Å²) in [7, 11) is 0. The topological polar surface area (TPSA) is 0 Å². The third kappa shape index (κ3) is 6.22. The summed E-state index contributed by atoms with van der Waals surface area (Å²) in [6, 6.07) is 15.3. The predicted octanol–water partition coefficient (Wildman–Crippen LogP) is 8.50. The predicted molar refractivity (Wildman–Crippen MR) is 128 cm³/mol. The molecule has 0 bridgehead atoms. The van der Waals surface area contributed by atoms with Gasteiger partial charge in [-0.05, 0) is 97.7 Å². The van der Waals surface area contributed by atoms with Gasteiger partial charge < -0.3 is 0 Å². The summed E-state index contributed by atoms with van der Waals surface area (Å²) in [5, 5.41) is 0. The molecule has 2 saturated carbocycles. The molecule has 0 heterocycles. The fourth-order valence-electron chi connectivity index (χ4n) is 5.93. The highest BCUT2D eigenvalue weighted by Gasteiger charge is 2.35. The maximum atomic E-state index is 13.0. The zero-order valence-corrected chi connectivity index (χ0v) is 19.1. The van der Waals surface area contributed by atoms with Crippen molar-refractivity contribution in [3.63, 3.8) is 0 Å². The van der Waals surface area contributed by atoms with Crippen molar-refractivity contribution in [3.8, 4) is 11.8 Å². The van der Waals surface area contributed by atoms with Gasteiger partial charge in [0.1, 0.15) is 5.82 Å². The molecule has 0 amide bonds. The number of benzene rings is 2. The Morgan fingerprint density at radius 3 is 2.10 bits per heavy atom. The summed E-state index contributed by atoms with van der Waals surface area (Å²) in [4.78, 5) is 0. The van der Waals surface area contributed by atoms with E-state index in [1.165, 1.54) is 88.3 Å². The molecule has 4 rings (SSSR count). The number of rotatable bonds is 6. The van der Waals surface area contributed by atoms with Crippen molar-refractivity contribution in [3.05, 3.63) is 71.0 Å². The first-order chi connectivity index (χ1) is 15.2. The Morgan fingerprint density at radius 1 is 0.742 bits per heavy atom. The van der Waals surface area contributed by atoms with E-state index in [1.54, 1.807) is 12.1 Å². The second kappa shape index (κ2) is 11.0. The van der Waals surface area contributed by atoms with Gasteiger partial charge in [0.2, 0.25) is 0 Å². The summed E-state index contributed by atoms with van der Waals surface area (Å²) in [5.74, 6) is 9.80. The molecule has 0 spiro atoms. The summed E-state index contributed by atoms with van der Waals surface area (Å²) in [5.41, 5.74) is 3.38. The molecule has 31 heavy (non-hydrogen) atoms. The number of fused-ring (bicyclic) bond motifs is 1. The number of halogens is 1. The number of hydrogen-bond acceptors (Lipinski definition) is 0. The normalized spacial score (nSPS) is 25.4. The molecule has 2 aromatic carbocycles. The Hall–Kier alpha value is -2.07. The lowest BCUT2D eigenvalue weighted by Crippen LogP contribution is -2.30. The molecule has 0 aliphatic heterocycles. The second-order valence-corrected chi connectivity index (χ2v) is 9.94. The summed E-state index contributed by atoms with van der Waals surface area (Å²) in [6.45, 7) is 2.30. The molecule has 0 aromatic heterocycles. The molecule has 2 aliphatic rings. The summed E-state index contributed by atoms with van der Waals surface area (Å²) < 4.78 is 13.0. The minimum atomic E-state index is -0.218. The van der Waals surface area contributed by atoms with Gasteiger partial charge >= 0.3 is 0 Å². The van der Waals surface area contributed by atoms with Gasteiger partial charge in [-0.25, -0.2) is 4.39 Å². The summed E-state index contributed by atoms with van der Waals surface area (Å²) in [6.07, 6.45) is 15.7. The molecule has 0 nitrogen and oxygen atoms in total. The standard InChI is InChI=1S/C30H37F/c1-2-3-4-5-6-25-11-16-29-22-28(18-17-27(29)21-25)26-14-9-23(10-15-26)7-8-24-12-19-30(31)20-13-24/h9-10,12-15,19-20,25,27-29H,2-6,11,16-18,21-22H2,1H3/t25?,27-,28-,29-/m1/s1. The largest absolute Gasteiger partial charge is 0.207 e. The van der Waals surface area contributed by atoms with Gasteiger partial charge in [-0.1, -0.05) is 69.4 Å². The Balaban J connectivity index is 1.28. The van der Waals surface area contributed by atoms with Crippen LogP contribution in [0.3, 0.4) is 0 Å². The molecule has 2 aliphatic carbocycles. The van der Waals surface area contributed by atoms with E-state index in [9.17, 15) is 4.39 Å². The fourth-order valence-corrected chi connectivity index (χ4v) is 5.93. The maximum Gasteiger partial charge on any atom is 0.123 e. The van der Waals surface area contributed by atoms with Crippen LogP contribution in [-0.2, 0) is 0 Å². The molecule has 2 aromatic rings. The SMILES string of the molecule is CCCCCCC1CC[C@@H]2C[C@H](c3ccc(C#Cc4ccc(F)cc4)cc3)CC[C@@H]2C1. The van der Waals surface area contributed by atoms with E-state index >= 15 is 0 Å². The van der Waals surface area contributed by atoms with Crippen LogP contribution < -0.4 is 0 Å². The van der Waals surface area contributed by atoms with E-state index in [1.807, 2.05) is 0 Å². The molecule has 1 heteroatoms. The van der Waals surface area contributed by atoms with Crippen LogP contribution in [0, 0.1) is 35.4 Å². The highest BCUT2D eigenvalue weighted by atomic mass is 19.1. The molecule has 0 radical (unpaired) electrons. The third-order valence-corrected chi connectivity index (χ3v) is 7.77. The van der Waals surface area contributed by atoms with Gasteiger partial charge in [0.05, 0.1) is 0 Å². The van der Waals surface area contributed by atoms with Crippen LogP contribution in [0.25, 0.3) is 0 Å². The van der Waals surface area contributed by atoms with E-state index < -0.39 is 0 Å². The Kier molecular flexibility index (Phi) is 7.85. The van der Waals surface area contributed by atoms with Crippen molar-refractivity contribution in [2.75, 3.05) is 0 Å². The van der Waals surface area contributed by atoms with Gasteiger partial charge in [-0.15, -0.1) is 0 Å². The third-order valence-electron chi connectivity index (χ3n) is 7.77. The number of hydrogen-bond donors (Lipinski definition) is 0. The van der Waals surface area contributed by atoms with Crippen molar-refractivity contribution in [1.82, 2.24) is 0 Å². The molecule has 2 fully saturated rings. The van der Waals surface area contributed by atoms with Crippen molar-refractivity contribution < 1.29 is 4.39 Å². The van der Waals surface area contributed by atoms with E-state index in [0.29, 0.717) is 0 Å². The van der Waals surface area contributed by atoms with Crippen LogP contribution >= 0.6 is 0 Å². The molecule has 4 atom stereocenters. The highest BCUT2D eigenvalue weighted by molar-refractivity contribution is 5.43. The first-order valence-corrected chi connectivity index (χ1v) is 12.6. The lowest BCUT2D eigenvalue weighted by Gasteiger charge is -2.42. The van der Waals surface area contributed by atoms with Crippen LogP contribution in [0.15, 0.2) is 48.5 Å². The smallest absolute Gasteiger partial charge is 0.123 e. The maximum absolute atomic E-state index is 13.0. The molecule has 1 unspecified atom stereocenters. The fraction of sp³-hybridized carbons (Fsp3) is 0.533. The second-order valence-electron chi connectivity index (χ2n) is 9.94. The average Bonchev–Trinajstić information content (AvgIpc) is 2.81. The lowest BCUT2D eigenvalue weighted by molar-refractivity contribution is 0.113. The first kappa shape index (κ1) is 22.1. The Bertz CT molecular complexity index is 867. The van der Waals surface area contributed by atoms with Crippen LogP contribution in [0.1, 0.15) is 100 Å². The van der Waals surface area contributed by atoms with Crippen LogP contribution in [0.2, 0.25) is 0 Å². The Labute approximate surface area is 188 Å². The quantitative estimate of drug-likeness (QED) is 0.327. The van der Waals surface area contributed by atoms with E-state index in [4.69, 9.17) is 0 Å². The van der Waals surface area contributed by atoms with Crippen molar-refractivity contribution in [2.45, 2.75) is 83.5 Å². The van der Waals surface area contributed by atoms with Gasteiger partial charge in [-0.2, -0.15) is 0 Å². The van der Waals surface area contributed by atoms with Gasteiger partial charge in [0.25, 0.3) is 0 Å². The van der Waals surface area contributed by atoms with Gasteiger partial charge in [-0.3, -0.25) is 0 Å². The minimum Gasteiger partial charge on any atom is -0.207 e. The van der Waals surface area contributed by atoms with E-state index in [0.717, 1.165) is 34.8 Å². The van der Waals surface area contributed by atoms with Crippen LogP contribution in [0.4, 0.5) is 4.39 Å². The minimum absolute atomic E-state index is 0.218. The Morgan fingerprint density at radius 2 is 1.39 bits per heavy atom. The van der Waals surface area contributed by atoms with E-state index in [2.05, 4.69) is 43.0 Å². The zero-order valence-electron chi connectivity index (χ0n) is 19.1. The first-order valence-electron chi connectivity index (χ1n) is 12.6. The molecule has 164 valence electrons. The molecular formula is C30H37F. The monoisotopic (exact) mass is 416 g/mol. The van der Waals surface area contributed by atoms with Crippen molar-refractivity contribution in [1.29, 1.82) is 0 Å². The van der Waals surface area contributed by atoms with Crippen molar-refractivity contribution >= 4 is 0 Å². The van der Waals surface area contributed by atoms with Crippen LogP contribution in [-0.4, -0.2) is 0 Å². The molecular weight excluding hydrogens is 379 g/mol. The average molecular weight is 417 g/mol. The van der Waals surface area contributed by atoms with E-state index in [-0.39, 0.29) is 5.82 Å². The van der Waals surface area contributed by atoms with Crippen LogP contribution in [0.5, 0.6) is 0 Å². The lowest BCUT2D eigenvalue weighted by atomic mass is 9.63. The zero-order chi connectivity index (χ0) is 21.5. The van der Waals surface area contributed by atoms with Gasteiger partial charge in [0, 0.05) is 11.1 Å².